The van der Waals surface area contributed by atoms with E-state index < -0.39 is 28.4 Å². The zero-order valence-corrected chi connectivity index (χ0v) is 19.4. The van der Waals surface area contributed by atoms with Gasteiger partial charge in [-0.1, -0.05) is 23.2 Å². The van der Waals surface area contributed by atoms with Gasteiger partial charge in [-0.05, 0) is 42.5 Å². The number of nitrogens with zero attached hydrogens (tertiary/aromatic N) is 2. The molecule has 2 aromatic rings. The molecule has 1 fully saturated rings. The largest absolute Gasteiger partial charge is 0.454 e. The maximum absolute atomic E-state index is 12.8. The SMILES string of the molecule is CC(=O)N1CCN(S(=O)(=O)c2ccc(C(=O)OCC(=O)c3ccc(Cl)c(Cl)c3)cc2)CC1. The second-order valence-electron chi connectivity index (χ2n) is 7.06. The molecule has 3 rings (SSSR count). The topological polar surface area (TPSA) is 101 Å². The van der Waals surface area contributed by atoms with Gasteiger partial charge in [-0.3, -0.25) is 9.59 Å². The summed E-state index contributed by atoms with van der Waals surface area (Å²) in [5.41, 5.74) is 0.353. The third kappa shape index (κ3) is 5.47. The molecular weight excluding hydrogens is 479 g/mol. The van der Waals surface area contributed by atoms with Crippen LogP contribution in [0.2, 0.25) is 10.0 Å². The Morgan fingerprint density at radius 2 is 1.50 bits per heavy atom. The molecule has 2 aromatic carbocycles. The standard InChI is InChI=1S/C21H20Cl2N2O6S/c1-14(26)24-8-10-25(11-9-24)32(29,30)17-5-2-15(3-6-17)21(28)31-13-20(27)16-4-7-18(22)19(23)12-16/h2-7,12H,8-11,13H2,1H3. The van der Waals surface area contributed by atoms with Crippen molar-refractivity contribution in [1.82, 2.24) is 9.21 Å². The average molecular weight is 499 g/mol. The van der Waals surface area contributed by atoms with Gasteiger partial charge in [-0.25, -0.2) is 13.2 Å². The molecule has 0 aliphatic carbocycles. The summed E-state index contributed by atoms with van der Waals surface area (Å²) in [5, 5.41) is 0.513. The first-order valence-electron chi connectivity index (χ1n) is 9.60. The van der Waals surface area contributed by atoms with Gasteiger partial charge in [0.2, 0.25) is 15.9 Å². The number of hydrogen-bond donors (Lipinski definition) is 0. The van der Waals surface area contributed by atoms with Gasteiger partial charge in [0.1, 0.15) is 0 Å². The molecule has 1 aliphatic heterocycles. The molecule has 0 bridgehead atoms. The Labute approximate surface area is 195 Å². The number of hydrogen-bond acceptors (Lipinski definition) is 6. The lowest BCUT2D eigenvalue weighted by molar-refractivity contribution is -0.129. The third-order valence-corrected chi connectivity index (χ3v) is 7.64. The van der Waals surface area contributed by atoms with Crippen molar-refractivity contribution >= 4 is 50.9 Å². The zero-order chi connectivity index (χ0) is 23.5. The van der Waals surface area contributed by atoms with Gasteiger partial charge in [-0.15, -0.1) is 0 Å². The van der Waals surface area contributed by atoms with E-state index in [-0.39, 0.29) is 40.0 Å². The van der Waals surface area contributed by atoms with E-state index in [1.54, 1.807) is 4.90 Å². The number of amides is 1. The van der Waals surface area contributed by atoms with Crippen molar-refractivity contribution in [3.05, 3.63) is 63.6 Å². The molecule has 170 valence electrons. The first-order chi connectivity index (χ1) is 15.1. The number of esters is 1. The zero-order valence-electron chi connectivity index (χ0n) is 17.1. The van der Waals surface area contributed by atoms with Crippen LogP contribution in [0.5, 0.6) is 0 Å². The minimum absolute atomic E-state index is 0.0252. The van der Waals surface area contributed by atoms with Gasteiger partial charge < -0.3 is 9.64 Å². The van der Waals surface area contributed by atoms with Gasteiger partial charge in [-0.2, -0.15) is 4.31 Å². The van der Waals surface area contributed by atoms with E-state index in [4.69, 9.17) is 27.9 Å². The number of Topliss-reactive ketones (excluding diaryl/α,β-unsaturated/α-hetero) is 1. The fraction of sp³-hybridized carbons (Fsp3) is 0.286. The van der Waals surface area contributed by atoms with Crippen LogP contribution in [0.1, 0.15) is 27.6 Å². The summed E-state index contributed by atoms with van der Waals surface area (Å²) in [6.07, 6.45) is 0. The monoisotopic (exact) mass is 498 g/mol. The van der Waals surface area contributed by atoms with Gasteiger partial charge in [0.25, 0.3) is 0 Å². The Hall–Kier alpha value is -2.46. The highest BCUT2D eigenvalue weighted by Crippen LogP contribution is 2.23. The Bertz CT molecular complexity index is 1140. The molecule has 32 heavy (non-hydrogen) atoms. The lowest BCUT2D eigenvalue weighted by atomic mass is 10.1. The fourth-order valence-electron chi connectivity index (χ4n) is 3.12. The van der Waals surface area contributed by atoms with Crippen molar-refractivity contribution in [2.75, 3.05) is 32.8 Å². The summed E-state index contributed by atoms with van der Waals surface area (Å²) in [6, 6.07) is 9.60. The quantitative estimate of drug-likeness (QED) is 0.448. The van der Waals surface area contributed by atoms with E-state index >= 15 is 0 Å². The van der Waals surface area contributed by atoms with Gasteiger partial charge >= 0.3 is 5.97 Å². The number of sulfonamides is 1. The lowest BCUT2D eigenvalue weighted by Crippen LogP contribution is -2.49. The molecule has 11 heteroatoms. The highest BCUT2D eigenvalue weighted by molar-refractivity contribution is 7.89. The molecule has 0 N–H and O–H groups in total. The van der Waals surface area contributed by atoms with E-state index in [1.807, 2.05) is 0 Å². The molecule has 8 nitrogen and oxygen atoms in total. The summed E-state index contributed by atoms with van der Waals surface area (Å²) in [6.45, 7) is 1.99. The van der Waals surface area contributed by atoms with Crippen LogP contribution in [0.4, 0.5) is 0 Å². The normalized spacial score (nSPS) is 14.8. The molecule has 1 amide bonds. The second kappa shape index (κ2) is 9.99. The summed E-state index contributed by atoms with van der Waals surface area (Å²) < 4.78 is 31.9. The highest BCUT2D eigenvalue weighted by atomic mass is 35.5. The molecular formula is C21H20Cl2N2O6S. The molecule has 0 unspecified atom stereocenters. The Balaban J connectivity index is 1.61. The number of benzene rings is 2. The van der Waals surface area contributed by atoms with Crippen LogP contribution in [-0.2, 0) is 19.6 Å². The summed E-state index contributed by atoms with van der Waals surface area (Å²) in [5.74, 6) is -1.32. The van der Waals surface area contributed by atoms with E-state index in [2.05, 4.69) is 0 Å². The van der Waals surface area contributed by atoms with Crippen molar-refractivity contribution in [1.29, 1.82) is 0 Å². The van der Waals surface area contributed by atoms with Crippen molar-refractivity contribution in [3.63, 3.8) is 0 Å². The Morgan fingerprint density at radius 1 is 0.906 bits per heavy atom. The Morgan fingerprint density at radius 3 is 2.06 bits per heavy atom. The van der Waals surface area contributed by atoms with Crippen molar-refractivity contribution in [2.24, 2.45) is 0 Å². The first-order valence-corrected chi connectivity index (χ1v) is 11.8. The predicted molar refractivity (Wildman–Crippen MR) is 119 cm³/mol. The molecule has 0 atom stereocenters. The van der Waals surface area contributed by atoms with E-state index in [9.17, 15) is 22.8 Å². The van der Waals surface area contributed by atoms with Crippen molar-refractivity contribution in [2.45, 2.75) is 11.8 Å². The molecule has 0 spiro atoms. The van der Waals surface area contributed by atoms with Gasteiger partial charge in [0.05, 0.1) is 20.5 Å². The van der Waals surface area contributed by atoms with Crippen LogP contribution in [0, 0.1) is 0 Å². The van der Waals surface area contributed by atoms with E-state index in [1.165, 1.54) is 53.7 Å². The molecule has 0 radical (unpaired) electrons. The molecule has 0 saturated carbocycles. The highest BCUT2D eigenvalue weighted by Gasteiger charge is 2.29. The Kier molecular flexibility index (Phi) is 7.55. The number of ether oxygens (including phenoxy) is 1. The molecule has 0 aromatic heterocycles. The average Bonchev–Trinajstić information content (AvgIpc) is 2.79. The number of rotatable bonds is 6. The van der Waals surface area contributed by atoms with Crippen LogP contribution < -0.4 is 0 Å². The molecule has 1 saturated heterocycles. The maximum Gasteiger partial charge on any atom is 0.338 e. The smallest absolute Gasteiger partial charge is 0.338 e. The van der Waals surface area contributed by atoms with E-state index in [0.717, 1.165) is 0 Å². The van der Waals surface area contributed by atoms with Crippen LogP contribution in [0.3, 0.4) is 0 Å². The summed E-state index contributed by atoms with van der Waals surface area (Å²) >= 11 is 11.7. The summed E-state index contributed by atoms with van der Waals surface area (Å²) in [4.78, 5) is 37.5. The minimum atomic E-state index is -3.76. The number of carbonyl (C=O) groups is 3. The fourth-order valence-corrected chi connectivity index (χ4v) is 4.84. The first kappa shape index (κ1) is 24.2. The maximum atomic E-state index is 12.8. The van der Waals surface area contributed by atoms with Gasteiger partial charge in [0.15, 0.2) is 12.4 Å². The minimum Gasteiger partial charge on any atom is -0.454 e. The van der Waals surface area contributed by atoms with Crippen LogP contribution in [-0.4, -0.2) is 68.1 Å². The van der Waals surface area contributed by atoms with Crippen molar-refractivity contribution in [3.8, 4) is 0 Å². The third-order valence-electron chi connectivity index (χ3n) is 4.99. The molecule has 1 heterocycles. The van der Waals surface area contributed by atoms with Gasteiger partial charge in [0, 0.05) is 38.7 Å². The van der Waals surface area contributed by atoms with Crippen LogP contribution >= 0.6 is 23.2 Å². The number of halogens is 2. The lowest BCUT2D eigenvalue weighted by Gasteiger charge is -2.33. The second-order valence-corrected chi connectivity index (χ2v) is 9.82. The predicted octanol–water partition coefficient (Wildman–Crippen LogP) is 2.89. The van der Waals surface area contributed by atoms with Crippen molar-refractivity contribution < 1.29 is 27.5 Å². The number of ketones is 1. The number of carbonyl (C=O) groups excluding carboxylic acids is 3. The van der Waals surface area contributed by atoms with Crippen LogP contribution in [0.15, 0.2) is 47.4 Å². The van der Waals surface area contributed by atoms with E-state index in [0.29, 0.717) is 18.1 Å². The summed E-state index contributed by atoms with van der Waals surface area (Å²) in [7, 11) is -3.76. The number of piperazine rings is 1. The van der Waals surface area contributed by atoms with Crippen LogP contribution in [0.25, 0.3) is 0 Å². The molecule has 1 aliphatic rings.